The first kappa shape index (κ1) is 28.3. The summed E-state index contributed by atoms with van der Waals surface area (Å²) in [6, 6.07) is 17.7. The second-order valence-corrected chi connectivity index (χ2v) is 9.68. The average molecular weight is 599 g/mol. The van der Waals surface area contributed by atoms with Gasteiger partial charge in [-0.2, -0.15) is 0 Å². The quantitative estimate of drug-likeness (QED) is 0.162. The molecule has 0 aliphatic rings. The summed E-state index contributed by atoms with van der Waals surface area (Å²) in [5.41, 5.74) is 3.41. The normalized spacial score (nSPS) is 11.1. The lowest BCUT2D eigenvalue weighted by Gasteiger charge is -2.13. The molecule has 0 unspecified atom stereocenters. The Hall–Kier alpha value is -5.78. The van der Waals surface area contributed by atoms with E-state index in [1.807, 2.05) is 36.4 Å². The Labute approximate surface area is 248 Å². The minimum atomic E-state index is -0.736. The summed E-state index contributed by atoms with van der Waals surface area (Å²) in [5.74, 6) is 0.184. The highest BCUT2D eigenvalue weighted by atomic mass is 19.1. The molecule has 0 amide bonds. The van der Waals surface area contributed by atoms with Gasteiger partial charge in [0.05, 0.1) is 40.3 Å². The molecule has 12 heteroatoms. The Balaban J connectivity index is 1.15. The number of nitrogens with zero attached hydrogens (tertiary/aromatic N) is 2. The van der Waals surface area contributed by atoms with E-state index < -0.39 is 11.6 Å². The molecule has 0 radical (unpaired) electrons. The highest BCUT2D eigenvalue weighted by Crippen LogP contribution is 2.32. The third kappa shape index (κ3) is 5.91. The fraction of sp³-hybridized carbons (Fsp3) is 0.125. The van der Waals surface area contributed by atoms with Crippen LogP contribution in [0, 0.1) is 11.6 Å². The molecule has 2 heterocycles. The molecule has 44 heavy (non-hydrogen) atoms. The summed E-state index contributed by atoms with van der Waals surface area (Å²) in [6.07, 6.45) is 0.807. The Morgan fingerprint density at radius 1 is 0.659 bits per heavy atom. The van der Waals surface area contributed by atoms with E-state index in [9.17, 15) is 18.4 Å². The zero-order chi connectivity index (χ0) is 30.6. The van der Waals surface area contributed by atoms with E-state index in [0.29, 0.717) is 35.3 Å². The molecular weight excluding hydrogens is 574 g/mol. The van der Waals surface area contributed by atoms with Crippen molar-refractivity contribution in [1.82, 2.24) is 19.9 Å². The van der Waals surface area contributed by atoms with Crippen LogP contribution in [0.1, 0.15) is 37.9 Å². The Bertz CT molecular complexity index is 1970. The van der Waals surface area contributed by atoms with Crippen molar-refractivity contribution in [2.75, 3.05) is 7.11 Å². The molecule has 0 spiro atoms. The predicted octanol–water partition coefficient (Wildman–Crippen LogP) is 6.09. The first-order valence-electron chi connectivity index (χ1n) is 13.3. The second-order valence-electron chi connectivity index (χ2n) is 9.68. The van der Waals surface area contributed by atoms with Gasteiger partial charge in [0.15, 0.2) is 35.6 Å². The number of aromatic nitrogens is 4. The van der Waals surface area contributed by atoms with Crippen LogP contribution in [0.2, 0.25) is 0 Å². The van der Waals surface area contributed by atoms with Crippen LogP contribution in [0.4, 0.5) is 8.78 Å². The number of rotatable bonds is 12. The van der Waals surface area contributed by atoms with Gasteiger partial charge >= 0.3 is 0 Å². The van der Waals surface area contributed by atoms with E-state index in [-0.39, 0.29) is 53.9 Å². The summed E-state index contributed by atoms with van der Waals surface area (Å²) in [7, 11) is 1.39. The number of carbonyl (C=O) groups is 2. The number of imidazole rings is 2. The molecule has 0 aliphatic heterocycles. The summed E-state index contributed by atoms with van der Waals surface area (Å²) < 4.78 is 51.3. The lowest BCUT2D eigenvalue weighted by atomic mass is 10.2. The van der Waals surface area contributed by atoms with E-state index in [1.54, 1.807) is 6.07 Å². The number of halogens is 2. The molecule has 6 aromatic rings. The number of hydrogen-bond acceptors (Lipinski definition) is 8. The fourth-order valence-corrected chi connectivity index (χ4v) is 4.58. The maximum atomic E-state index is 14.5. The minimum absolute atomic E-state index is 0.0211. The van der Waals surface area contributed by atoms with Crippen molar-refractivity contribution in [1.29, 1.82) is 0 Å². The molecule has 0 saturated heterocycles. The molecule has 222 valence electrons. The van der Waals surface area contributed by atoms with Crippen LogP contribution in [-0.2, 0) is 19.8 Å². The number of aromatic amines is 2. The van der Waals surface area contributed by atoms with Gasteiger partial charge in [0.2, 0.25) is 0 Å². The van der Waals surface area contributed by atoms with Gasteiger partial charge < -0.3 is 28.9 Å². The third-order valence-corrected chi connectivity index (χ3v) is 6.76. The van der Waals surface area contributed by atoms with Crippen molar-refractivity contribution < 1.29 is 37.3 Å². The number of carbonyl (C=O) groups excluding carboxylic acids is 2. The van der Waals surface area contributed by atoms with Crippen molar-refractivity contribution in [2.45, 2.75) is 19.8 Å². The lowest BCUT2D eigenvalue weighted by Crippen LogP contribution is -2.03. The zero-order valence-electron chi connectivity index (χ0n) is 23.2. The van der Waals surface area contributed by atoms with Gasteiger partial charge in [0, 0.05) is 12.1 Å². The van der Waals surface area contributed by atoms with Crippen LogP contribution in [0.15, 0.2) is 66.7 Å². The third-order valence-electron chi connectivity index (χ3n) is 6.76. The standard InChI is InChI=1S/C32H24F2N4O6/c1-41-27-9-19(13-39)21(33)11-29(27)43-17-32-37-25-7-6-18(8-26(25)38-32)15-42-28-10-20(14-40)22(34)12-30(28)44-16-31-35-23-4-2-3-5-24(23)36-31/h2-14H,15-17H2,1H3,(H,35,36)(H,37,38). The number of nitrogens with one attached hydrogen (secondary N) is 2. The number of hydrogen-bond donors (Lipinski definition) is 2. The summed E-state index contributed by atoms with van der Waals surface area (Å²) in [5, 5.41) is 0. The van der Waals surface area contributed by atoms with Gasteiger partial charge in [-0.15, -0.1) is 0 Å². The highest BCUT2D eigenvalue weighted by Gasteiger charge is 2.15. The fourth-order valence-electron chi connectivity index (χ4n) is 4.58. The Morgan fingerprint density at radius 2 is 1.20 bits per heavy atom. The van der Waals surface area contributed by atoms with E-state index in [2.05, 4.69) is 19.9 Å². The van der Waals surface area contributed by atoms with E-state index >= 15 is 0 Å². The van der Waals surface area contributed by atoms with Crippen LogP contribution in [-0.4, -0.2) is 39.6 Å². The molecule has 0 fully saturated rings. The summed E-state index contributed by atoms with van der Waals surface area (Å²) >= 11 is 0. The first-order valence-corrected chi connectivity index (χ1v) is 13.3. The number of methoxy groups -OCH3 is 1. The summed E-state index contributed by atoms with van der Waals surface area (Å²) in [6.45, 7) is 0.0770. The smallest absolute Gasteiger partial charge is 0.164 e. The monoisotopic (exact) mass is 598 g/mol. The molecule has 0 bridgehead atoms. The van der Waals surface area contributed by atoms with Crippen LogP contribution in [0.3, 0.4) is 0 Å². The van der Waals surface area contributed by atoms with Crippen LogP contribution >= 0.6 is 0 Å². The predicted molar refractivity (Wildman–Crippen MR) is 155 cm³/mol. The molecule has 2 aromatic heterocycles. The average Bonchev–Trinajstić information content (AvgIpc) is 3.65. The molecule has 6 rings (SSSR count). The lowest BCUT2D eigenvalue weighted by molar-refractivity contribution is 0.111. The number of H-pyrrole nitrogens is 2. The molecule has 0 aliphatic carbocycles. The van der Waals surface area contributed by atoms with Crippen molar-refractivity contribution in [3.8, 4) is 23.0 Å². The largest absolute Gasteiger partial charge is 0.493 e. The van der Waals surface area contributed by atoms with Gasteiger partial charge in [0.1, 0.15) is 43.1 Å². The first-order chi connectivity index (χ1) is 21.4. The molecule has 10 nitrogen and oxygen atoms in total. The number of benzene rings is 4. The SMILES string of the molecule is COc1cc(C=O)c(F)cc1OCc1nc2ccc(COc3cc(C=O)c(F)cc3OCc3nc4ccccc4[nH]3)cc2[nH]1. The van der Waals surface area contributed by atoms with Crippen molar-refractivity contribution >= 4 is 34.6 Å². The van der Waals surface area contributed by atoms with Crippen molar-refractivity contribution in [3.63, 3.8) is 0 Å². The van der Waals surface area contributed by atoms with E-state index in [0.717, 1.165) is 28.7 Å². The maximum absolute atomic E-state index is 14.5. The minimum Gasteiger partial charge on any atom is -0.493 e. The number of ether oxygens (including phenoxy) is 4. The zero-order valence-corrected chi connectivity index (χ0v) is 23.2. The Morgan fingerprint density at radius 3 is 1.84 bits per heavy atom. The number of para-hydroxylation sites is 2. The van der Waals surface area contributed by atoms with E-state index in [1.165, 1.54) is 19.2 Å². The highest BCUT2D eigenvalue weighted by molar-refractivity contribution is 5.78. The Kier molecular flexibility index (Phi) is 7.87. The van der Waals surface area contributed by atoms with Gasteiger partial charge in [-0.25, -0.2) is 18.7 Å². The number of fused-ring (bicyclic) bond motifs is 2. The topological polar surface area (TPSA) is 128 Å². The van der Waals surface area contributed by atoms with Gasteiger partial charge in [0.25, 0.3) is 0 Å². The maximum Gasteiger partial charge on any atom is 0.164 e. The molecule has 0 saturated carbocycles. The van der Waals surface area contributed by atoms with Crippen molar-refractivity contribution in [2.24, 2.45) is 0 Å². The van der Waals surface area contributed by atoms with Gasteiger partial charge in [-0.3, -0.25) is 9.59 Å². The van der Waals surface area contributed by atoms with Crippen LogP contribution < -0.4 is 18.9 Å². The van der Waals surface area contributed by atoms with Crippen molar-refractivity contribution in [3.05, 3.63) is 107 Å². The number of aldehydes is 2. The molecular formula is C32H24F2N4O6. The van der Waals surface area contributed by atoms with Gasteiger partial charge in [-0.05, 0) is 42.0 Å². The summed E-state index contributed by atoms with van der Waals surface area (Å²) in [4.78, 5) is 37.7. The molecule has 2 N–H and O–H groups in total. The van der Waals surface area contributed by atoms with Crippen LogP contribution in [0.25, 0.3) is 22.1 Å². The van der Waals surface area contributed by atoms with Gasteiger partial charge in [-0.1, -0.05) is 18.2 Å². The second kappa shape index (κ2) is 12.2. The van der Waals surface area contributed by atoms with E-state index in [4.69, 9.17) is 18.9 Å². The van der Waals surface area contributed by atoms with Crippen LogP contribution in [0.5, 0.6) is 23.0 Å². The molecule has 4 aromatic carbocycles. The molecule has 0 atom stereocenters.